The monoisotopic (exact) mass is 379 g/mol. The van der Waals surface area contributed by atoms with E-state index in [4.69, 9.17) is 23.2 Å². The zero-order valence-electron chi connectivity index (χ0n) is 13.9. The fraction of sp³-hybridized carbons (Fsp3) is 0.222. The van der Waals surface area contributed by atoms with Crippen LogP contribution in [0.25, 0.3) is 0 Å². The molecular weight excluding hydrogens is 361 g/mol. The predicted molar refractivity (Wildman–Crippen MR) is 103 cm³/mol. The van der Waals surface area contributed by atoms with Crippen LogP contribution in [-0.2, 0) is 9.59 Å². The third-order valence-corrected chi connectivity index (χ3v) is 3.71. The summed E-state index contributed by atoms with van der Waals surface area (Å²) in [5.41, 5.74) is 2.01. The third kappa shape index (κ3) is 6.29. The van der Waals surface area contributed by atoms with E-state index in [-0.39, 0.29) is 24.3 Å². The van der Waals surface area contributed by atoms with Crippen LogP contribution in [0, 0.1) is 5.92 Å². The summed E-state index contributed by atoms with van der Waals surface area (Å²) >= 11 is 11.8. The number of halogens is 2. The minimum absolute atomic E-state index is 0.0414. The van der Waals surface area contributed by atoms with Crippen LogP contribution in [0.5, 0.6) is 0 Å². The van der Waals surface area contributed by atoms with Crippen LogP contribution in [0.15, 0.2) is 42.5 Å². The van der Waals surface area contributed by atoms with Gasteiger partial charge in [-0.25, -0.2) is 0 Å². The van der Waals surface area contributed by atoms with Crippen molar-refractivity contribution in [3.63, 3.8) is 0 Å². The van der Waals surface area contributed by atoms with Crippen LogP contribution in [0.4, 0.5) is 17.1 Å². The molecule has 2 aromatic carbocycles. The van der Waals surface area contributed by atoms with Crippen LogP contribution in [0.3, 0.4) is 0 Å². The van der Waals surface area contributed by atoms with Crippen molar-refractivity contribution in [3.05, 3.63) is 52.5 Å². The standard InChI is InChI=1S/C18H19Cl2N3O2/c1-11(2)18(25)23-15-5-3-14(4-6-15)21-10-17(24)22-16-8-12(19)7-13(20)9-16/h3-9,11,21H,10H2,1-2H3,(H,22,24)(H,23,25). The fourth-order valence-corrected chi connectivity index (χ4v) is 2.50. The maximum Gasteiger partial charge on any atom is 0.243 e. The van der Waals surface area contributed by atoms with Crippen molar-refractivity contribution in [1.29, 1.82) is 0 Å². The largest absolute Gasteiger partial charge is 0.376 e. The van der Waals surface area contributed by atoms with Gasteiger partial charge >= 0.3 is 0 Å². The summed E-state index contributed by atoms with van der Waals surface area (Å²) in [6.45, 7) is 3.75. The molecule has 0 aliphatic heterocycles. The number of anilines is 3. The Balaban J connectivity index is 1.86. The average molecular weight is 380 g/mol. The summed E-state index contributed by atoms with van der Waals surface area (Å²) in [7, 11) is 0. The lowest BCUT2D eigenvalue weighted by atomic mass is 10.2. The van der Waals surface area contributed by atoms with Crippen LogP contribution < -0.4 is 16.0 Å². The van der Waals surface area contributed by atoms with Crippen LogP contribution >= 0.6 is 23.2 Å². The van der Waals surface area contributed by atoms with Crippen LogP contribution in [0.1, 0.15) is 13.8 Å². The molecule has 2 amide bonds. The average Bonchev–Trinajstić information content (AvgIpc) is 2.53. The van der Waals surface area contributed by atoms with Crippen molar-refractivity contribution in [1.82, 2.24) is 0 Å². The molecule has 132 valence electrons. The lowest BCUT2D eigenvalue weighted by Gasteiger charge is -2.10. The number of carbonyl (C=O) groups is 2. The maximum atomic E-state index is 12.0. The Morgan fingerprint density at radius 2 is 1.44 bits per heavy atom. The van der Waals surface area contributed by atoms with Gasteiger partial charge in [0.1, 0.15) is 0 Å². The van der Waals surface area contributed by atoms with Gasteiger partial charge in [0, 0.05) is 33.0 Å². The minimum atomic E-state index is -0.226. The number of amides is 2. The van der Waals surface area contributed by atoms with Gasteiger partial charge in [0.2, 0.25) is 11.8 Å². The Hall–Kier alpha value is -2.24. The molecule has 0 radical (unpaired) electrons. The molecule has 0 unspecified atom stereocenters. The van der Waals surface area contributed by atoms with Crippen molar-refractivity contribution in [2.24, 2.45) is 5.92 Å². The number of hydrogen-bond donors (Lipinski definition) is 3. The van der Waals surface area contributed by atoms with Gasteiger partial charge < -0.3 is 16.0 Å². The van der Waals surface area contributed by atoms with E-state index in [1.165, 1.54) is 0 Å². The van der Waals surface area contributed by atoms with E-state index in [2.05, 4.69) is 16.0 Å². The van der Waals surface area contributed by atoms with Gasteiger partial charge in [0.25, 0.3) is 0 Å². The van der Waals surface area contributed by atoms with E-state index in [1.807, 2.05) is 13.8 Å². The van der Waals surface area contributed by atoms with E-state index in [9.17, 15) is 9.59 Å². The summed E-state index contributed by atoms with van der Waals surface area (Å²) in [4.78, 5) is 23.6. The fourth-order valence-electron chi connectivity index (χ4n) is 1.97. The molecule has 3 N–H and O–H groups in total. The van der Waals surface area contributed by atoms with Crippen LogP contribution in [-0.4, -0.2) is 18.4 Å². The summed E-state index contributed by atoms with van der Waals surface area (Å²) in [5.74, 6) is -0.350. The second-order valence-corrected chi connectivity index (χ2v) is 6.65. The van der Waals surface area contributed by atoms with Crippen molar-refractivity contribution in [2.45, 2.75) is 13.8 Å². The molecule has 5 nitrogen and oxygen atoms in total. The first-order valence-electron chi connectivity index (χ1n) is 7.74. The lowest BCUT2D eigenvalue weighted by molar-refractivity contribution is -0.119. The molecule has 0 bridgehead atoms. The lowest BCUT2D eigenvalue weighted by Crippen LogP contribution is -2.21. The van der Waals surface area contributed by atoms with Crippen LogP contribution in [0.2, 0.25) is 10.0 Å². The topological polar surface area (TPSA) is 70.2 Å². The molecule has 0 aromatic heterocycles. The van der Waals surface area contributed by atoms with Gasteiger partial charge in [-0.05, 0) is 42.5 Å². The number of benzene rings is 2. The van der Waals surface area contributed by atoms with Gasteiger partial charge in [-0.15, -0.1) is 0 Å². The van der Waals surface area contributed by atoms with E-state index < -0.39 is 0 Å². The molecule has 0 aliphatic rings. The zero-order chi connectivity index (χ0) is 18.4. The first-order chi connectivity index (χ1) is 11.8. The van der Waals surface area contributed by atoms with E-state index in [1.54, 1.807) is 42.5 Å². The number of carbonyl (C=O) groups excluding carboxylic acids is 2. The van der Waals surface area contributed by atoms with Crippen molar-refractivity contribution in [3.8, 4) is 0 Å². The molecular formula is C18H19Cl2N3O2. The van der Waals surface area contributed by atoms with E-state index in [0.717, 1.165) is 5.69 Å². The van der Waals surface area contributed by atoms with E-state index in [0.29, 0.717) is 21.4 Å². The highest BCUT2D eigenvalue weighted by Gasteiger charge is 2.07. The number of nitrogens with one attached hydrogen (secondary N) is 3. The molecule has 25 heavy (non-hydrogen) atoms. The smallest absolute Gasteiger partial charge is 0.243 e. The molecule has 2 rings (SSSR count). The van der Waals surface area contributed by atoms with Gasteiger partial charge in [-0.2, -0.15) is 0 Å². The quantitative estimate of drug-likeness (QED) is 0.684. The Kier molecular flexibility index (Phi) is 6.67. The van der Waals surface area contributed by atoms with Crippen molar-refractivity contribution < 1.29 is 9.59 Å². The van der Waals surface area contributed by atoms with Gasteiger partial charge in [0.05, 0.1) is 6.54 Å². The molecule has 7 heteroatoms. The summed E-state index contributed by atoms with van der Waals surface area (Å²) < 4.78 is 0. The number of hydrogen-bond acceptors (Lipinski definition) is 3. The Bertz CT molecular complexity index is 741. The van der Waals surface area contributed by atoms with Crippen molar-refractivity contribution in [2.75, 3.05) is 22.5 Å². The number of rotatable bonds is 6. The molecule has 0 atom stereocenters. The highest BCUT2D eigenvalue weighted by molar-refractivity contribution is 6.35. The second kappa shape index (κ2) is 8.74. The molecule has 0 heterocycles. The molecule has 0 spiro atoms. The third-order valence-electron chi connectivity index (χ3n) is 3.28. The molecule has 0 saturated heterocycles. The first kappa shape index (κ1) is 19.1. The van der Waals surface area contributed by atoms with Gasteiger partial charge in [0.15, 0.2) is 0 Å². The predicted octanol–water partition coefficient (Wildman–Crippen LogP) is 4.64. The van der Waals surface area contributed by atoms with Crippen molar-refractivity contribution >= 4 is 52.1 Å². The minimum Gasteiger partial charge on any atom is -0.376 e. The Morgan fingerprint density at radius 3 is 2.00 bits per heavy atom. The SMILES string of the molecule is CC(C)C(=O)Nc1ccc(NCC(=O)Nc2cc(Cl)cc(Cl)c2)cc1. The maximum absolute atomic E-state index is 12.0. The van der Waals surface area contributed by atoms with Gasteiger partial charge in [-0.3, -0.25) is 9.59 Å². The van der Waals surface area contributed by atoms with Gasteiger partial charge in [-0.1, -0.05) is 37.0 Å². The van der Waals surface area contributed by atoms with E-state index >= 15 is 0 Å². The molecule has 0 saturated carbocycles. The normalized spacial score (nSPS) is 10.4. The summed E-state index contributed by atoms with van der Waals surface area (Å²) in [6, 6.07) is 12.0. The first-order valence-corrected chi connectivity index (χ1v) is 8.50. The summed E-state index contributed by atoms with van der Waals surface area (Å²) in [5, 5.41) is 9.44. The molecule has 0 aliphatic carbocycles. The second-order valence-electron chi connectivity index (χ2n) is 5.78. The Morgan fingerprint density at radius 1 is 0.880 bits per heavy atom. The Labute approximate surface area is 156 Å². The highest BCUT2D eigenvalue weighted by atomic mass is 35.5. The molecule has 2 aromatic rings. The molecule has 0 fully saturated rings. The highest BCUT2D eigenvalue weighted by Crippen LogP contribution is 2.22. The summed E-state index contributed by atoms with van der Waals surface area (Å²) in [6.07, 6.45) is 0. The zero-order valence-corrected chi connectivity index (χ0v) is 15.4.